The van der Waals surface area contributed by atoms with Crippen molar-refractivity contribution in [2.75, 3.05) is 12.4 Å². The van der Waals surface area contributed by atoms with Crippen LogP contribution in [0, 0.1) is 34.0 Å². The summed E-state index contributed by atoms with van der Waals surface area (Å²) in [5, 5.41) is 30.4. The molecule has 1 heterocycles. The Morgan fingerprint density at radius 3 is 2.52 bits per heavy atom. The van der Waals surface area contributed by atoms with Crippen molar-refractivity contribution >= 4 is 44.7 Å². The number of esters is 1. The quantitative estimate of drug-likeness (QED) is 0.674. The van der Waals surface area contributed by atoms with E-state index in [2.05, 4.69) is 10.1 Å². The van der Waals surface area contributed by atoms with Gasteiger partial charge in [-0.1, -0.05) is 11.6 Å². The maximum absolute atomic E-state index is 11.6. The van der Waals surface area contributed by atoms with Crippen LogP contribution in [-0.2, 0) is 4.74 Å². The number of carbonyl (C=O) groups is 1. The number of methoxy groups -OCH3 is 1. The number of nitriles is 3. The summed E-state index contributed by atoms with van der Waals surface area (Å²) in [4.78, 5) is 11.9. The molecular weight excluding hydrogens is 336 g/mol. The second kappa shape index (κ2) is 6.81. The number of fused-ring (bicyclic) bond motifs is 1. The zero-order valence-electron chi connectivity index (χ0n) is 11.7. The average Bonchev–Trinajstić information content (AvgIpc) is 2.90. The van der Waals surface area contributed by atoms with Crippen LogP contribution in [-0.4, -0.2) is 13.1 Å². The Labute approximate surface area is 140 Å². The Morgan fingerprint density at radius 2 is 1.96 bits per heavy atom. The molecule has 2 rings (SSSR count). The molecule has 23 heavy (non-hydrogen) atoms. The van der Waals surface area contributed by atoms with E-state index < -0.39 is 5.97 Å². The number of nitrogens with zero attached hydrogens (tertiary/aromatic N) is 3. The Kier molecular flexibility index (Phi) is 4.83. The SMILES string of the molecule is COC(=O)c1sc2cc(NC(C#N)=C(C#N)C#N)ccc2c1Cl. The van der Waals surface area contributed by atoms with E-state index in [1.54, 1.807) is 36.4 Å². The van der Waals surface area contributed by atoms with Gasteiger partial charge < -0.3 is 10.1 Å². The molecule has 1 aromatic heterocycles. The van der Waals surface area contributed by atoms with E-state index in [1.807, 2.05) is 0 Å². The van der Waals surface area contributed by atoms with Gasteiger partial charge in [-0.25, -0.2) is 4.79 Å². The highest BCUT2D eigenvalue weighted by Gasteiger charge is 2.18. The van der Waals surface area contributed by atoms with Crippen molar-refractivity contribution in [1.29, 1.82) is 15.8 Å². The van der Waals surface area contributed by atoms with Crippen molar-refractivity contribution in [1.82, 2.24) is 0 Å². The summed E-state index contributed by atoms with van der Waals surface area (Å²) in [6, 6.07) is 10.0. The summed E-state index contributed by atoms with van der Waals surface area (Å²) in [6.07, 6.45) is 0. The Hall–Kier alpha value is -3.05. The normalized spacial score (nSPS) is 9.35. The first-order valence-corrected chi connectivity index (χ1v) is 7.27. The van der Waals surface area contributed by atoms with E-state index in [-0.39, 0.29) is 16.1 Å². The molecule has 0 spiro atoms. The van der Waals surface area contributed by atoms with Crippen LogP contribution < -0.4 is 5.32 Å². The van der Waals surface area contributed by atoms with Crippen LogP contribution in [0.2, 0.25) is 5.02 Å². The third-order valence-electron chi connectivity index (χ3n) is 2.85. The van der Waals surface area contributed by atoms with E-state index in [4.69, 9.17) is 27.4 Å². The molecule has 0 aliphatic carbocycles. The third-order valence-corrected chi connectivity index (χ3v) is 4.49. The molecule has 1 aromatic carbocycles. The molecule has 0 unspecified atom stereocenters. The number of anilines is 1. The molecule has 6 nitrogen and oxygen atoms in total. The zero-order valence-corrected chi connectivity index (χ0v) is 13.2. The van der Waals surface area contributed by atoms with Crippen LogP contribution >= 0.6 is 22.9 Å². The predicted octanol–water partition coefficient (Wildman–Crippen LogP) is 3.58. The van der Waals surface area contributed by atoms with Crippen LogP contribution in [0.15, 0.2) is 29.5 Å². The zero-order chi connectivity index (χ0) is 17.0. The second-order valence-corrected chi connectivity index (χ2v) is 5.59. The number of hydrogen-bond donors (Lipinski definition) is 1. The molecule has 0 aliphatic heterocycles. The molecule has 2 aromatic rings. The number of nitrogens with one attached hydrogen (secondary N) is 1. The van der Waals surface area contributed by atoms with E-state index in [0.717, 1.165) is 11.3 Å². The number of ether oxygens (including phenoxy) is 1. The minimum Gasteiger partial charge on any atom is -0.465 e. The van der Waals surface area contributed by atoms with Crippen molar-refractivity contribution < 1.29 is 9.53 Å². The van der Waals surface area contributed by atoms with E-state index in [1.165, 1.54) is 7.11 Å². The lowest BCUT2D eigenvalue weighted by molar-refractivity contribution is 0.0606. The van der Waals surface area contributed by atoms with Crippen molar-refractivity contribution in [3.05, 3.63) is 39.4 Å². The summed E-state index contributed by atoms with van der Waals surface area (Å²) in [6.45, 7) is 0. The molecule has 112 valence electrons. The number of hydrogen-bond acceptors (Lipinski definition) is 7. The van der Waals surface area contributed by atoms with Crippen molar-refractivity contribution in [2.45, 2.75) is 0 Å². The van der Waals surface area contributed by atoms with Gasteiger partial charge in [0, 0.05) is 15.8 Å². The maximum atomic E-state index is 11.6. The van der Waals surface area contributed by atoms with Gasteiger partial charge in [-0.05, 0) is 18.2 Å². The predicted molar refractivity (Wildman–Crippen MR) is 85.7 cm³/mol. The Balaban J connectivity index is 2.49. The number of thiophene rings is 1. The van der Waals surface area contributed by atoms with Crippen molar-refractivity contribution in [3.63, 3.8) is 0 Å². The second-order valence-electron chi connectivity index (χ2n) is 4.16. The first-order valence-electron chi connectivity index (χ1n) is 6.07. The van der Waals surface area contributed by atoms with Gasteiger partial charge in [-0.2, -0.15) is 15.8 Å². The van der Waals surface area contributed by atoms with Crippen LogP contribution in [0.25, 0.3) is 10.1 Å². The molecular formula is C15H7ClN4O2S. The fraction of sp³-hybridized carbons (Fsp3) is 0.0667. The summed E-state index contributed by atoms with van der Waals surface area (Å²) >= 11 is 7.30. The smallest absolute Gasteiger partial charge is 0.349 e. The van der Waals surface area contributed by atoms with Crippen molar-refractivity contribution in [2.24, 2.45) is 0 Å². The van der Waals surface area contributed by atoms with Gasteiger partial charge in [-0.15, -0.1) is 11.3 Å². The third kappa shape index (κ3) is 3.09. The first-order chi connectivity index (χ1) is 11.0. The maximum Gasteiger partial charge on any atom is 0.349 e. The van der Waals surface area contributed by atoms with E-state index in [9.17, 15) is 4.79 Å². The molecule has 0 saturated heterocycles. The minimum atomic E-state index is -0.528. The number of rotatable bonds is 3. The molecule has 0 amide bonds. The Morgan fingerprint density at radius 1 is 1.26 bits per heavy atom. The van der Waals surface area contributed by atoms with Crippen molar-refractivity contribution in [3.8, 4) is 18.2 Å². The Bertz CT molecular complexity index is 941. The molecule has 0 bridgehead atoms. The topological polar surface area (TPSA) is 110 Å². The fourth-order valence-electron chi connectivity index (χ4n) is 1.79. The van der Waals surface area contributed by atoms with Crippen LogP contribution in [0.4, 0.5) is 5.69 Å². The molecule has 0 aliphatic rings. The summed E-state index contributed by atoms with van der Waals surface area (Å²) in [5.74, 6) is -0.528. The van der Waals surface area contributed by atoms with Crippen LogP contribution in [0.3, 0.4) is 0 Å². The average molecular weight is 343 g/mol. The van der Waals surface area contributed by atoms with Gasteiger partial charge in [0.15, 0.2) is 5.57 Å². The van der Waals surface area contributed by atoms with Gasteiger partial charge in [-0.3, -0.25) is 0 Å². The lowest BCUT2D eigenvalue weighted by Gasteiger charge is -2.04. The van der Waals surface area contributed by atoms with Crippen LogP contribution in [0.5, 0.6) is 0 Å². The largest absolute Gasteiger partial charge is 0.465 e. The molecule has 1 N–H and O–H groups in total. The lowest BCUT2D eigenvalue weighted by atomic mass is 10.2. The highest BCUT2D eigenvalue weighted by molar-refractivity contribution is 7.21. The van der Waals surface area contributed by atoms with E-state index in [0.29, 0.717) is 20.8 Å². The minimum absolute atomic E-state index is 0.148. The number of carbonyl (C=O) groups excluding carboxylic acids is 1. The molecule has 0 saturated carbocycles. The van der Waals surface area contributed by atoms with E-state index >= 15 is 0 Å². The summed E-state index contributed by atoms with van der Waals surface area (Å²) < 4.78 is 5.37. The van der Waals surface area contributed by atoms with Crippen LogP contribution in [0.1, 0.15) is 9.67 Å². The summed E-state index contributed by atoms with van der Waals surface area (Å²) in [5.41, 5.74) is 0.0311. The number of halogens is 1. The molecule has 0 fully saturated rings. The number of allylic oxidation sites excluding steroid dienone is 2. The first kappa shape index (κ1) is 16.3. The lowest BCUT2D eigenvalue weighted by Crippen LogP contribution is -2.00. The van der Waals surface area contributed by atoms with Gasteiger partial charge in [0.25, 0.3) is 0 Å². The van der Waals surface area contributed by atoms with Gasteiger partial charge in [0.1, 0.15) is 28.8 Å². The fourth-order valence-corrected chi connectivity index (χ4v) is 3.26. The highest BCUT2D eigenvalue weighted by Crippen LogP contribution is 2.37. The monoisotopic (exact) mass is 342 g/mol. The van der Waals surface area contributed by atoms with Gasteiger partial charge in [0.2, 0.25) is 0 Å². The van der Waals surface area contributed by atoms with Gasteiger partial charge >= 0.3 is 5.97 Å². The molecule has 0 radical (unpaired) electrons. The summed E-state index contributed by atoms with van der Waals surface area (Å²) in [7, 11) is 1.27. The van der Waals surface area contributed by atoms with Gasteiger partial charge in [0.05, 0.1) is 12.1 Å². The standard InChI is InChI=1S/C15H7ClN4O2S/c1-22-15(21)14-13(16)10-3-2-9(4-12(10)23-14)20-11(7-19)8(5-17)6-18/h2-4,20H,1H3. The highest BCUT2D eigenvalue weighted by atomic mass is 35.5. The molecule has 8 heteroatoms. The number of benzene rings is 1. The molecule has 0 atom stereocenters.